The SMILES string of the molecule is O=C(O)C1CCCN(C(=O)c2noc(C3CCCN3)n2)C1. The third kappa shape index (κ3) is 2.90. The molecule has 2 unspecified atom stereocenters. The van der Waals surface area contributed by atoms with Crippen molar-refractivity contribution >= 4 is 11.9 Å². The minimum atomic E-state index is -0.864. The van der Waals surface area contributed by atoms with Gasteiger partial charge in [0.15, 0.2) is 0 Å². The number of carboxylic acid groups (broad SMARTS) is 1. The second-order valence-corrected chi connectivity index (χ2v) is 5.53. The third-order valence-corrected chi connectivity index (χ3v) is 4.05. The Labute approximate surface area is 121 Å². The van der Waals surface area contributed by atoms with Gasteiger partial charge < -0.3 is 19.8 Å². The van der Waals surface area contributed by atoms with Crippen molar-refractivity contribution in [3.63, 3.8) is 0 Å². The summed E-state index contributed by atoms with van der Waals surface area (Å²) in [5.74, 6) is -1.27. The van der Waals surface area contributed by atoms with E-state index in [9.17, 15) is 9.59 Å². The molecule has 0 bridgehead atoms. The normalized spacial score (nSPS) is 26.0. The van der Waals surface area contributed by atoms with Crippen LogP contribution in [0.4, 0.5) is 0 Å². The fourth-order valence-electron chi connectivity index (χ4n) is 2.86. The molecule has 3 rings (SSSR count). The first-order valence-corrected chi connectivity index (χ1v) is 7.24. The van der Waals surface area contributed by atoms with Gasteiger partial charge in [-0.2, -0.15) is 4.98 Å². The van der Waals surface area contributed by atoms with E-state index in [1.54, 1.807) is 0 Å². The standard InChI is InChI=1S/C13H18N4O4/c18-12(17-6-2-3-8(7-17)13(19)20)10-15-11(21-16-10)9-4-1-5-14-9/h8-9,14H,1-7H2,(H,19,20). The van der Waals surface area contributed by atoms with Gasteiger partial charge in [0.1, 0.15) is 0 Å². The minimum Gasteiger partial charge on any atom is -0.481 e. The third-order valence-electron chi connectivity index (χ3n) is 4.05. The quantitative estimate of drug-likeness (QED) is 0.832. The number of nitrogens with zero attached hydrogens (tertiary/aromatic N) is 3. The Morgan fingerprint density at radius 2 is 2.19 bits per heavy atom. The van der Waals surface area contributed by atoms with E-state index in [-0.39, 0.29) is 24.3 Å². The molecule has 0 saturated carbocycles. The number of carbonyl (C=O) groups is 2. The van der Waals surface area contributed by atoms with Crippen molar-refractivity contribution in [3.05, 3.63) is 11.7 Å². The second-order valence-electron chi connectivity index (χ2n) is 5.53. The summed E-state index contributed by atoms with van der Waals surface area (Å²) in [4.78, 5) is 29.0. The van der Waals surface area contributed by atoms with E-state index in [1.807, 2.05) is 0 Å². The molecule has 3 heterocycles. The lowest BCUT2D eigenvalue weighted by Crippen LogP contribution is -2.42. The maximum atomic E-state index is 12.3. The van der Waals surface area contributed by atoms with E-state index in [0.717, 1.165) is 19.4 Å². The molecule has 21 heavy (non-hydrogen) atoms. The zero-order chi connectivity index (χ0) is 14.8. The van der Waals surface area contributed by atoms with Gasteiger partial charge in [-0.25, -0.2) is 0 Å². The lowest BCUT2D eigenvalue weighted by atomic mass is 9.98. The largest absolute Gasteiger partial charge is 0.481 e. The number of hydrogen-bond acceptors (Lipinski definition) is 6. The molecule has 1 amide bonds. The Balaban J connectivity index is 1.68. The highest BCUT2D eigenvalue weighted by Crippen LogP contribution is 2.22. The molecule has 2 aliphatic rings. The summed E-state index contributed by atoms with van der Waals surface area (Å²) < 4.78 is 5.15. The van der Waals surface area contributed by atoms with Gasteiger partial charge in [0, 0.05) is 13.1 Å². The van der Waals surface area contributed by atoms with E-state index >= 15 is 0 Å². The molecule has 0 radical (unpaired) electrons. The fraction of sp³-hybridized carbons (Fsp3) is 0.692. The van der Waals surface area contributed by atoms with Crippen LogP contribution in [-0.4, -0.2) is 51.7 Å². The smallest absolute Gasteiger partial charge is 0.308 e. The fourth-order valence-corrected chi connectivity index (χ4v) is 2.86. The maximum absolute atomic E-state index is 12.3. The topological polar surface area (TPSA) is 109 Å². The molecule has 1 aromatic heterocycles. The zero-order valence-electron chi connectivity index (χ0n) is 11.6. The first kappa shape index (κ1) is 14.0. The van der Waals surface area contributed by atoms with Gasteiger partial charge >= 0.3 is 5.97 Å². The molecule has 114 valence electrons. The molecular formula is C13H18N4O4. The Morgan fingerprint density at radius 1 is 1.33 bits per heavy atom. The van der Waals surface area contributed by atoms with E-state index in [2.05, 4.69) is 15.5 Å². The van der Waals surface area contributed by atoms with Crippen LogP contribution in [0.2, 0.25) is 0 Å². The first-order valence-electron chi connectivity index (χ1n) is 7.24. The Kier molecular flexibility index (Phi) is 3.87. The van der Waals surface area contributed by atoms with Gasteiger partial charge in [-0.15, -0.1) is 0 Å². The lowest BCUT2D eigenvalue weighted by molar-refractivity contribution is -0.143. The monoisotopic (exact) mass is 294 g/mol. The molecule has 2 aliphatic heterocycles. The minimum absolute atomic E-state index is 0.0183. The Morgan fingerprint density at radius 3 is 2.90 bits per heavy atom. The van der Waals surface area contributed by atoms with Crippen LogP contribution < -0.4 is 5.32 Å². The number of amides is 1. The molecule has 0 aliphatic carbocycles. The van der Waals surface area contributed by atoms with Crippen LogP contribution in [0, 0.1) is 5.92 Å². The predicted molar refractivity (Wildman–Crippen MR) is 70.5 cm³/mol. The van der Waals surface area contributed by atoms with Crippen molar-refractivity contribution < 1.29 is 19.2 Å². The summed E-state index contributed by atoms with van der Waals surface area (Å²) in [6.07, 6.45) is 3.24. The summed E-state index contributed by atoms with van der Waals surface area (Å²) in [5, 5.41) is 16.0. The first-order chi connectivity index (χ1) is 10.1. The van der Waals surface area contributed by atoms with E-state index in [1.165, 1.54) is 4.90 Å². The number of aliphatic carboxylic acids is 1. The highest BCUT2D eigenvalue weighted by atomic mass is 16.5. The van der Waals surface area contributed by atoms with Crippen LogP contribution in [-0.2, 0) is 4.79 Å². The van der Waals surface area contributed by atoms with E-state index in [4.69, 9.17) is 9.63 Å². The van der Waals surface area contributed by atoms with Crippen LogP contribution >= 0.6 is 0 Å². The van der Waals surface area contributed by atoms with Crippen LogP contribution in [0.5, 0.6) is 0 Å². The van der Waals surface area contributed by atoms with Crippen molar-refractivity contribution in [1.29, 1.82) is 0 Å². The number of nitrogens with one attached hydrogen (secondary N) is 1. The van der Waals surface area contributed by atoms with E-state index in [0.29, 0.717) is 25.3 Å². The zero-order valence-corrected chi connectivity index (χ0v) is 11.6. The molecule has 2 saturated heterocycles. The summed E-state index contributed by atoms with van der Waals surface area (Å²) in [5.41, 5.74) is 0. The number of likely N-dealkylation sites (tertiary alicyclic amines) is 1. The Hall–Kier alpha value is -1.96. The summed E-state index contributed by atoms with van der Waals surface area (Å²) >= 11 is 0. The van der Waals surface area contributed by atoms with E-state index < -0.39 is 11.9 Å². The second kappa shape index (κ2) is 5.80. The van der Waals surface area contributed by atoms with Crippen molar-refractivity contribution in [3.8, 4) is 0 Å². The highest BCUT2D eigenvalue weighted by Gasteiger charge is 2.31. The number of carboxylic acids is 1. The van der Waals surface area contributed by atoms with Crippen molar-refractivity contribution in [2.75, 3.05) is 19.6 Å². The van der Waals surface area contributed by atoms with Gasteiger partial charge in [0.05, 0.1) is 12.0 Å². The van der Waals surface area contributed by atoms with Crippen molar-refractivity contribution in [2.45, 2.75) is 31.7 Å². The van der Waals surface area contributed by atoms with Crippen molar-refractivity contribution in [1.82, 2.24) is 20.4 Å². The summed E-state index contributed by atoms with van der Waals surface area (Å²) in [7, 11) is 0. The molecule has 8 nitrogen and oxygen atoms in total. The molecule has 0 aromatic carbocycles. The number of piperidine rings is 1. The molecule has 2 N–H and O–H groups in total. The average Bonchev–Trinajstić information content (AvgIpc) is 3.17. The summed E-state index contributed by atoms with van der Waals surface area (Å²) in [6.45, 7) is 1.65. The molecule has 0 spiro atoms. The number of carbonyl (C=O) groups excluding carboxylic acids is 1. The van der Waals surface area contributed by atoms with Crippen LogP contribution in [0.25, 0.3) is 0 Å². The van der Waals surface area contributed by atoms with Gasteiger partial charge in [0.2, 0.25) is 5.89 Å². The van der Waals surface area contributed by atoms with Gasteiger partial charge in [-0.3, -0.25) is 9.59 Å². The molecule has 2 fully saturated rings. The number of aromatic nitrogens is 2. The van der Waals surface area contributed by atoms with Gasteiger partial charge in [-0.05, 0) is 32.2 Å². The molecular weight excluding hydrogens is 276 g/mol. The summed E-state index contributed by atoms with van der Waals surface area (Å²) in [6, 6.07) is 0.0205. The average molecular weight is 294 g/mol. The number of hydrogen-bond donors (Lipinski definition) is 2. The van der Waals surface area contributed by atoms with Crippen LogP contribution in [0.1, 0.15) is 48.2 Å². The van der Waals surface area contributed by atoms with Gasteiger partial charge in [-0.1, -0.05) is 5.16 Å². The number of rotatable bonds is 3. The maximum Gasteiger partial charge on any atom is 0.308 e. The Bertz CT molecular complexity index is 538. The van der Waals surface area contributed by atoms with Crippen LogP contribution in [0.3, 0.4) is 0 Å². The van der Waals surface area contributed by atoms with Crippen molar-refractivity contribution in [2.24, 2.45) is 5.92 Å². The highest BCUT2D eigenvalue weighted by molar-refractivity contribution is 5.90. The molecule has 1 aromatic rings. The molecule has 2 atom stereocenters. The van der Waals surface area contributed by atoms with Crippen LogP contribution in [0.15, 0.2) is 4.52 Å². The lowest BCUT2D eigenvalue weighted by Gasteiger charge is -2.29. The van der Waals surface area contributed by atoms with Gasteiger partial charge in [0.25, 0.3) is 11.7 Å². The molecule has 8 heteroatoms. The predicted octanol–water partition coefficient (Wildman–Crippen LogP) is 0.431.